The van der Waals surface area contributed by atoms with Crippen LogP contribution in [0.2, 0.25) is 0 Å². The minimum atomic E-state index is -0.828. The first-order valence-electron chi connectivity index (χ1n) is 6.38. The van der Waals surface area contributed by atoms with Gasteiger partial charge in [0.2, 0.25) is 0 Å². The van der Waals surface area contributed by atoms with Crippen LogP contribution in [-0.2, 0) is 4.79 Å². The molecule has 1 saturated carbocycles. The summed E-state index contributed by atoms with van der Waals surface area (Å²) >= 11 is 3.35. The summed E-state index contributed by atoms with van der Waals surface area (Å²) in [4.78, 5) is 12.9. The van der Waals surface area contributed by atoms with E-state index < -0.39 is 5.97 Å². The maximum absolute atomic E-state index is 13.1. The Balaban J connectivity index is 2.16. The van der Waals surface area contributed by atoms with Crippen molar-refractivity contribution in [3.8, 4) is 0 Å². The van der Waals surface area contributed by atoms with E-state index in [0.717, 1.165) is 12.1 Å². The zero-order valence-electron chi connectivity index (χ0n) is 10.8. The molecule has 1 aliphatic rings. The predicted molar refractivity (Wildman–Crippen MR) is 74.4 cm³/mol. The van der Waals surface area contributed by atoms with Crippen molar-refractivity contribution in [3.05, 3.63) is 34.1 Å². The van der Waals surface area contributed by atoms with Crippen LogP contribution in [0.3, 0.4) is 0 Å². The molecular formula is C14H17BrFNO2. The highest BCUT2D eigenvalue weighted by Crippen LogP contribution is 2.34. The summed E-state index contributed by atoms with van der Waals surface area (Å²) in [6, 6.07) is 4.49. The third kappa shape index (κ3) is 4.01. The third-order valence-corrected chi connectivity index (χ3v) is 4.18. The van der Waals surface area contributed by atoms with Gasteiger partial charge in [0.05, 0.1) is 6.54 Å². The second-order valence-corrected chi connectivity index (χ2v) is 5.96. The Kier molecular flexibility index (Phi) is 4.58. The molecule has 0 aromatic heterocycles. The molecule has 1 atom stereocenters. The largest absolute Gasteiger partial charge is 0.480 e. The molecule has 0 amide bonds. The van der Waals surface area contributed by atoms with Gasteiger partial charge in [-0.15, -0.1) is 0 Å². The van der Waals surface area contributed by atoms with Crippen molar-refractivity contribution >= 4 is 21.9 Å². The summed E-state index contributed by atoms with van der Waals surface area (Å²) in [6.45, 7) is 2.77. The molecule has 1 aliphatic carbocycles. The maximum Gasteiger partial charge on any atom is 0.317 e. The van der Waals surface area contributed by atoms with Gasteiger partial charge in [-0.2, -0.15) is 0 Å². The van der Waals surface area contributed by atoms with E-state index in [4.69, 9.17) is 5.11 Å². The van der Waals surface area contributed by atoms with Gasteiger partial charge in [-0.25, -0.2) is 4.39 Å². The Morgan fingerprint density at radius 1 is 1.58 bits per heavy atom. The van der Waals surface area contributed by atoms with E-state index in [9.17, 15) is 9.18 Å². The Bertz CT molecular complexity index is 477. The SMILES string of the molecule is CC(c1ccc(F)cc1Br)N(CC(=O)O)CC1CC1. The van der Waals surface area contributed by atoms with Gasteiger partial charge in [-0.05, 0) is 43.4 Å². The average molecular weight is 330 g/mol. The zero-order valence-corrected chi connectivity index (χ0v) is 12.4. The molecule has 0 aliphatic heterocycles. The van der Waals surface area contributed by atoms with Gasteiger partial charge >= 0.3 is 5.97 Å². The maximum atomic E-state index is 13.1. The van der Waals surface area contributed by atoms with E-state index in [1.165, 1.54) is 25.0 Å². The summed E-state index contributed by atoms with van der Waals surface area (Å²) in [7, 11) is 0. The van der Waals surface area contributed by atoms with Crippen molar-refractivity contribution in [2.75, 3.05) is 13.1 Å². The average Bonchev–Trinajstić information content (AvgIpc) is 3.10. The van der Waals surface area contributed by atoms with Crippen LogP contribution in [0.1, 0.15) is 31.4 Å². The lowest BCUT2D eigenvalue weighted by atomic mass is 10.1. The van der Waals surface area contributed by atoms with Gasteiger partial charge in [0.25, 0.3) is 0 Å². The number of rotatable bonds is 6. The number of halogens is 2. The highest BCUT2D eigenvalue weighted by atomic mass is 79.9. The summed E-state index contributed by atoms with van der Waals surface area (Å²) in [6.07, 6.45) is 2.35. The first-order chi connectivity index (χ1) is 8.97. The first kappa shape index (κ1) is 14.5. The van der Waals surface area contributed by atoms with E-state index in [1.807, 2.05) is 11.8 Å². The Morgan fingerprint density at radius 3 is 2.79 bits per heavy atom. The number of hydrogen-bond acceptors (Lipinski definition) is 2. The van der Waals surface area contributed by atoms with Crippen molar-refractivity contribution in [1.82, 2.24) is 4.90 Å². The molecule has 0 saturated heterocycles. The smallest absolute Gasteiger partial charge is 0.317 e. The number of carbonyl (C=O) groups is 1. The Hall–Kier alpha value is -0.940. The molecule has 0 bridgehead atoms. The number of benzene rings is 1. The minimum Gasteiger partial charge on any atom is -0.480 e. The molecule has 3 nitrogen and oxygen atoms in total. The lowest BCUT2D eigenvalue weighted by Gasteiger charge is -2.28. The lowest BCUT2D eigenvalue weighted by Crippen LogP contribution is -2.34. The molecule has 0 spiro atoms. The molecule has 1 N–H and O–H groups in total. The fourth-order valence-corrected chi connectivity index (χ4v) is 2.88. The fraction of sp³-hybridized carbons (Fsp3) is 0.500. The summed E-state index contributed by atoms with van der Waals surface area (Å²) in [5, 5.41) is 9.01. The molecule has 2 rings (SSSR count). The van der Waals surface area contributed by atoms with Crippen LogP contribution in [0.5, 0.6) is 0 Å². The summed E-state index contributed by atoms with van der Waals surface area (Å²) in [5.41, 5.74) is 0.920. The number of nitrogens with zero attached hydrogens (tertiary/aromatic N) is 1. The van der Waals surface area contributed by atoms with Crippen molar-refractivity contribution in [2.45, 2.75) is 25.8 Å². The number of carboxylic acids is 1. The molecule has 1 unspecified atom stereocenters. The van der Waals surface area contributed by atoms with Crippen molar-refractivity contribution in [2.24, 2.45) is 5.92 Å². The van der Waals surface area contributed by atoms with E-state index in [1.54, 1.807) is 6.07 Å². The van der Waals surface area contributed by atoms with Crippen LogP contribution in [0.15, 0.2) is 22.7 Å². The number of carboxylic acid groups (broad SMARTS) is 1. The summed E-state index contributed by atoms with van der Waals surface area (Å²) in [5.74, 6) is -0.512. The van der Waals surface area contributed by atoms with Crippen molar-refractivity contribution in [3.63, 3.8) is 0 Å². The van der Waals surface area contributed by atoms with Gasteiger partial charge in [0, 0.05) is 17.1 Å². The van der Waals surface area contributed by atoms with Crippen LogP contribution in [-0.4, -0.2) is 29.1 Å². The molecular weight excluding hydrogens is 313 g/mol. The Labute approximate surface area is 120 Å². The van der Waals surface area contributed by atoms with Crippen LogP contribution in [0.25, 0.3) is 0 Å². The quantitative estimate of drug-likeness (QED) is 0.869. The second kappa shape index (κ2) is 6.01. The molecule has 5 heteroatoms. The molecule has 19 heavy (non-hydrogen) atoms. The zero-order chi connectivity index (χ0) is 14.0. The summed E-state index contributed by atoms with van der Waals surface area (Å²) < 4.78 is 13.8. The topological polar surface area (TPSA) is 40.5 Å². The monoisotopic (exact) mass is 329 g/mol. The normalized spacial score (nSPS) is 16.6. The highest BCUT2D eigenvalue weighted by Gasteiger charge is 2.28. The molecule has 104 valence electrons. The van der Waals surface area contributed by atoms with Crippen LogP contribution < -0.4 is 0 Å². The van der Waals surface area contributed by atoms with Crippen LogP contribution in [0, 0.1) is 11.7 Å². The third-order valence-electron chi connectivity index (χ3n) is 3.49. The standard InChI is InChI=1S/C14H17BrFNO2/c1-9(12-5-4-11(16)6-13(12)15)17(8-14(18)19)7-10-2-3-10/h4-6,9-10H,2-3,7-8H2,1H3,(H,18,19). The Morgan fingerprint density at radius 2 is 2.26 bits per heavy atom. The van der Waals surface area contributed by atoms with Crippen molar-refractivity contribution < 1.29 is 14.3 Å². The van der Waals surface area contributed by atoms with Gasteiger partial charge in [-0.1, -0.05) is 22.0 Å². The number of aliphatic carboxylic acids is 1. The van der Waals surface area contributed by atoms with Gasteiger partial charge in [0.1, 0.15) is 5.82 Å². The second-order valence-electron chi connectivity index (χ2n) is 5.11. The van der Waals surface area contributed by atoms with Crippen LogP contribution in [0.4, 0.5) is 4.39 Å². The van der Waals surface area contributed by atoms with Gasteiger partial charge in [-0.3, -0.25) is 9.69 Å². The number of hydrogen-bond donors (Lipinski definition) is 1. The first-order valence-corrected chi connectivity index (χ1v) is 7.17. The van der Waals surface area contributed by atoms with Crippen LogP contribution >= 0.6 is 15.9 Å². The van der Waals surface area contributed by atoms with E-state index in [0.29, 0.717) is 10.4 Å². The van der Waals surface area contributed by atoms with E-state index in [2.05, 4.69) is 15.9 Å². The molecule has 1 aromatic rings. The molecule has 1 fully saturated rings. The highest BCUT2D eigenvalue weighted by molar-refractivity contribution is 9.10. The lowest BCUT2D eigenvalue weighted by molar-refractivity contribution is -0.139. The molecule has 1 aromatic carbocycles. The van der Waals surface area contributed by atoms with Gasteiger partial charge in [0.15, 0.2) is 0 Å². The molecule has 0 radical (unpaired) electrons. The van der Waals surface area contributed by atoms with Gasteiger partial charge < -0.3 is 5.11 Å². The van der Waals surface area contributed by atoms with E-state index in [-0.39, 0.29) is 18.4 Å². The fourth-order valence-electron chi connectivity index (χ4n) is 2.20. The molecule has 0 heterocycles. The van der Waals surface area contributed by atoms with E-state index >= 15 is 0 Å². The minimum absolute atomic E-state index is 0.0154. The predicted octanol–water partition coefficient (Wildman–Crippen LogP) is 3.45. The van der Waals surface area contributed by atoms with Crippen molar-refractivity contribution in [1.29, 1.82) is 0 Å².